The molecule has 0 saturated carbocycles. The van der Waals surface area contributed by atoms with E-state index in [2.05, 4.69) is 10.3 Å². The van der Waals surface area contributed by atoms with Crippen LogP contribution in [-0.4, -0.2) is 42.2 Å². The van der Waals surface area contributed by atoms with E-state index in [0.29, 0.717) is 19.6 Å². The van der Waals surface area contributed by atoms with E-state index in [1.165, 1.54) is 18.5 Å². The van der Waals surface area contributed by atoms with Crippen LogP contribution in [0.5, 0.6) is 0 Å². The molecule has 0 aliphatic heterocycles. The maximum absolute atomic E-state index is 11.6. The van der Waals surface area contributed by atoms with Crippen LogP contribution in [0, 0.1) is 0 Å². The average molecular weight is 238 g/mol. The number of nitrogens with one attached hydrogen (secondary N) is 1. The monoisotopic (exact) mass is 238 g/mol. The smallest absolute Gasteiger partial charge is 0.337 e. The van der Waals surface area contributed by atoms with Gasteiger partial charge in [0.2, 0.25) is 0 Å². The Morgan fingerprint density at radius 1 is 1.41 bits per heavy atom. The molecule has 0 aliphatic rings. The van der Waals surface area contributed by atoms with Gasteiger partial charge < -0.3 is 15.2 Å². The van der Waals surface area contributed by atoms with Gasteiger partial charge in [-0.25, -0.2) is 4.79 Å². The lowest BCUT2D eigenvalue weighted by Gasteiger charge is -2.04. The molecule has 92 valence electrons. The Morgan fingerprint density at radius 2 is 2.12 bits per heavy atom. The predicted octanol–water partition coefficient (Wildman–Crippen LogP) is 0.546. The minimum absolute atomic E-state index is 0.00505. The molecule has 1 amide bonds. The summed E-state index contributed by atoms with van der Waals surface area (Å²) in [4.78, 5) is 26.0. The minimum Gasteiger partial charge on any atom is -0.478 e. The highest BCUT2D eigenvalue weighted by molar-refractivity contribution is 5.96. The van der Waals surface area contributed by atoms with Crippen molar-refractivity contribution in [3.63, 3.8) is 0 Å². The van der Waals surface area contributed by atoms with Gasteiger partial charge in [0.1, 0.15) is 0 Å². The second-order valence-electron chi connectivity index (χ2n) is 3.37. The van der Waals surface area contributed by atoms with Crippen molar-refractivity contribution >= 4 is 11.9 Å². The first-order valence-corrected chi connectivity index (χ1v) is 5.10. The van der Waals surface area contributed by atoms with Crippen molar-refractivity contribution in [3.8, 4) is 0 Å². The van der Waals surface area contributed by atoms with Gasteiger partial charge in [-0.1, -0.05) is 0 Å². The number of aromatic carboxylic acids is 1. The van der Waals surface area contributed by atoms with Gasteiger partial charge in [-0.3, -0.25) is 9.78 Å². The van der Waals surface area contributed by atoms with Gasteiger partial charge in [-0.15, -0.1) is 0 Å². The topological polar surface area (TPSA) is 88.5 Å². The van der Waals surface area contributed by atoms with Gasteiger partial charge in [-0.2, -0.15) is 0 Å². The number of hydrogen-bond donors (Lipinski definition) is 2. The molecule has 1 rings (SSSR count). The van der Waals surface area contributed by atoms with Crippen LogP contribution in [0.1, 0.15) is 27.1 Å². The molecular formula is C11H14N2O4. The first kappa shape index (κ1) is 13.1. The van der Waals surface area contributed by atoms with Crippen LogP contribution in [0.15, 0.2) is 18.5 Å². The quantitative estimate of drug-likeness (QED) is 0.706. The summed E-state index contributed by atoms with van der Waals surface area (Å²) >= 11 is 0. The number of pyridine rings is 1. The fourth-order valence-electron chi connectivity index (χ4n) is 1.20. The van der Waals surface area contributed by atoms with Crippen LogP contribution in [0.25, 0.3) is 0 Å². The van der Waals surface area contributed by atoms with Crippen LogP contribution >= 0.6 is 0 Å². The Labute approximate surface area is 98.6 Å². The van der Waals surface area contributed by atoms with Gasteiger partial charge in [-0.05, 0) is 12.5 Å². The van der Waals surface area contributed by atoms with Crippen molar-refractivity contribution in [2.75, 3.05) is 20.3 Å². The summed E-state index contributed by atoms with van der Waals surface area (Å²) in [7, 11) is 1.59. The van der Waals surface area contributed by atoms with E-state index in [4.69, 9.17) is 9.84 Å². The highest BCUT2D eigenvalue weighted by Crippen LogP contribution is 2.02. The van der Waals surface area contributed by atoms with Crippen LogP contribution in [0.3, 0.4) is 0 Å². The number of aromatic nitrogens is 1. The Balaban J connectivity index is 2.56. The molecule has 1 aromatic heterocycles. The van der Waals surface area contributed by atoms with Gasteiger partial charge >= 0.3 is 5.97 Å². The van der Waals surface area contributed by atoms with E-state index in [0.717, 1.165) is 0 Å². The molecule has 0 spiro atoms. The Morgan fingerprint density at radius 3 is 2.76 bits per heavy atom. The summed E-state index contributed by atoms with van der Waals surface area (Å²) < 4.78 is 4.84. The molecule has 0 bridgehead atoms. The number of carbonyl (C=O) groups excluding carboxylic acids is 1. The van der Waals surface area contributed by atoms with Crippen LogP contribution in [0.2, 0.25) is 0 Å². The molecule has 0 saturated heterocycles. The third kappa shape index (κ3) is 4.20. The second kappa shape index (κ2) is 6.59. The number of carboxylic acid groups (broad SMARTS) is 1. The lowest BCUT2D eigenvalue weighted by Crippen LogP contribution is -2.25. The number of carboxylic acids is 1. The van der Waals surface area contributed by atoms with E-state index in [1.54, 1.807) is 7.11 Å². The molecule has 0 atom stereocenters. The number of nitrogens with zero attached hydrogens (tertiary/aromatic N) is 1. The lowest BCUT2D eigenvalue weighted by atomic mass is 10.2. The zero-order chi connectivity index (χ0) is 12.7. The van der Waals surface area contributed by atoms with E-state index in [-0.39, 0.29) is 17.0 Å². The molecule has 1 heterocycles. The van der Waals surface area contributed by atoms with Crippen molar-refractivity contribution in [2.45, 2.75) is 6.42 Å². The number of amides is 1. The van der Waals surface area contributed by atoms with E-state index >= 15 is 0 Å². The van der Waals surface area contributed by atoms with E-state index < -0.39 is 5.97 Å². The number of ether oxygens (including phenoxy) is 1. The number of carbonyl (C=O) groups is 2. The molecule has 6 nitrogen and oxygen atoms in total. The minimum atomic E-state index is -1.11. The van der Waals surface area contributed by atoms with Crippen LogP contribution < -0.4 is 5.32 Å². The van der Waals surface area contributed by atoms with Crippen molar-refractivity contribution in [3.05, 3.63) is 29.6 Å². The molecule has 0 radical (unpaired) electrons. The molecule has 0 unspecified atom stereocenters. The standard InChI is InChI=1S/C11H14N2O4/c1-17-4-2-3-13-10(14)8-5-9(11(15)16)7-12-6-8/h5-7H,2-4H2,1H3,(H,13,14)(H,15,16). The summed E-state index contributed by atoms with van der Waals surface area (Å²) in [5.74, 6) is -1.44. The van der Waals surface area contributed by atoms with Crippen molar-refractivity contribution in [2.24, 2.45) is 0 Å². The van der Waals surface area contributed by atoms with Gasteiger partial charge in [0.25, 0.3) is 5.91 Å². The summed E-state index contributed by atoms with van der Waals surface area (Å²) in [6.07, 6.45) is 3.23. The van der Waals surface area contributed by atoms with Crippen LogP contribution in [0.4, 0.5) is 0 Å². The molecule has 1 aromatic rings. The summed E-state index contributed by atoms with van der Waals surface area (Å²) in [5, 5.41) is 11.4. The highest BCUT2D eigenvalue weighted by Gasteiger charge is 2.09. The molecule has 6 heteroatoms. The van der Waals surface area contributed by atoms with Crippen molar-refractivity contribution in [1.29, 1.82) is 0 Å². The summed E-state index contributed by atoms with van der Waals surface area (Å²) in [5.41, 5.74) is 0.233. The van der Waals surface area contributed by atoms with Gasteiger partial charge in [0.05, 0.1) is 11.1 Å². The van der Waals surface area contributed by atoms with Crippen LogP contribution in [-0.2, 0) is 4.74 Å². The number of hydrogen-bond acceptors (Lipinski definition) is 4. The predicted molar refractivity (Wildman–Crippen MR) is 60.0 cm³/mol. The van der Waals surface area contributed by atoms with E-state index in [9.17, 15) is 9.59 Å². The average Bonchev–Trinajstić information content (AvgIpc) is 2.34. The summed E-state index contributed by atoms with van der Waals surface area (Å²) in [6.45, 7) is 1.04. The first-order chi connectivity index (χ1) is 8.15. The van der Waals surface area contributed by atoms with Gasteiger partial charge in [0.15, 0.2) is 0 Å². The van der Waals surface area contributed by atoms with Gasteiger partial charge in [0, 0.05) is 32.7 Å². The molecule has 0 fully saturated rings. The molecular weight excluding hydrogens is 224 g/mol. The Bertz CT molecular complexity index is 406. The SMILES string of the molecule is COCCCNC(=O)c1cncc(C(=O)O)c1. The maximum atomic E-state index is 11.6. The molecule has 2 N–H and O–H groups in total. The van der Waals surface area contributed by atoms with Crippen molar-refractivity contribution in [1.82, 2.24) is 10.3 Å². The highest BCUT2D eigenvalue weighted by atomic mass is 16.5. The summed E-state index contributed by atoms with van der Waals surface area (Å²) in [6, 6.07) is 1.29. The Hall–Kier alpha value is -1.95. The third-order valence-electron chi connectivity index (χ3n) is 2.06. The third-order valence-corrected chi connectivity index (χ3v) is 2.06. The van der Waals surface area contributed by atoms with Crippen molar-refractivity contribution < 1.29 is 19.4 Å². The number of methoxy groups -OCH3 is 1. The maximum Gasteiger partial charge on any atom is 0.337 e. The zero-order valence-electron chi connectivity index (χ0n) is 9.47. The lowest BCUT2D eigenvalue weighted by molar-refractivity contribution is 0.0696. The Kier molecular flexibility index (Phi) is 5.09. The van der Waals surface area contributed by atoms with E-state index in [1.807, 2.05) is 0 Å². The fourth-order valence-corrected chi connectivity index (χ4v) is 1.20. The largest absolute Gasteiger partial charge is 0.478 e. The number of rotatable bonds is 6. The zero-order valence-corrected chi connectivity index (χ0v) is 9.47. The first-order valence-electron chi connectivity index (χ1n) is 5.10. The fraction of sp³-hybridized carbons (Fsp3) is 0.364. The normalized spacial score (nSPS) is 9.94. The molecule has 0 aliphatic carbocycles. The second-order valence-corrected chi connectivity index (χ2v) is 3.37. The molecule has 0 aromatic carbocycles. The molecule has 17 heavy (non-hydrogen) atoms.